The molecule has 4 rings (SSSR count). The number of carbonyl (C=O) groups excluding carboxylic acids is 1. The molecule has 1 aromatic carbocycles. The molecule has 1 aromatic heterocycles. The van der Waals surface area contributed by atoms with E-state index < -0.39 is 0 Å². The average molecular weight is 400 g/mol. The first-order chi connectivity index (χ1) is 13.6. The summed E-state index contributed by atoms with van der Waals surface area (Å²) in [6.07, 6.45) is 7.33. The van der Waals surface area contributed by atoms with E-state index in [4.69, 9.17) is 4.98 Å². The molecule has 6 heteroatoms. The van der Waals surface area contributed by atoms with Gasteiger partial charge < -0.3 is 4.90 Å². The van der Waals surface area contributed by atoms with Crippen molar-refractivity contribution in [2.45, 2.75) is 69.6 Å². The highest BCUT2D eigenvalue weighted by Gasteiger charge is 2.35. The Balaban J connectivity index is 1.56. The Morgan fingerprint density at radius 1 is 1.18 bits per heavy atom. The van der Waals surface area contributed by atoms with Crippen molar-refractivity contribution in [2.75, 3.05) is 12.3 Å². The van der Waals surface area contributed by atoms with Crippen LogP contribution in [0.5, 0.6) is 0 Å². The van der Waals surface area contributed by atoms with Crippen LogP contribution < -0.4 is 5.56 Å². The number of carbonyl (C=O) groups is 1. The molecule has 5 nitrogen and oxygen atoms in total. The molecule has 1 saturated carbocycles. The predicted molar refractivity (Wildman–Crippen MR) is 114 cm³/mol. The number of hydrogen-bond acceptors (Lipinski definition) is 4. The number of hydrogen-bond donors (Lipinski definition) is 0. The van der Waals surface area contributed by atoms with Crippen molar-refractivity contribution in [3.63, 3.8) is 0 Å². The molecule has 1 aliphatic heterocycles. The normalized spacial score (nSPS) is 22.5. The Kier molecular flexibility index (Phi) is 5.76. The van der Waals surface area contributed by atoms with Crippen molar-refractivity contribution < 1.29 is 4.79 Å². The van der Waals surface area contributed by atoms with Crippen molar-refractivity contribution in [1.82, 2.24) is 14.5 Å². The molecule has 1 aliphatic carbocycles. The number of fused-ring (bicyclic) bond motifs is 2. The molecular weight excluding hydrogens is 370 g/mol. The topological polar surface area (TPSA) is 55.2 Å². The van der Waals surface area contributed by atoms with Crippen molar-refractivity contribution in [1.29, 1.82) is 0 Å². The van der Waals surface area contributed by atoms with Crippen LogP contribution in [0, 0.1) is 5.92 Å². The molecule has 0 radical (unpaired) electrons. The number of para-hydroxylation sites is 1. The summed E-state index contributed by atoms with van der Waals surface area (Å²) in [5, 5.41) is 1.28. The first-order valence-electron chi connectivity index (χ1n) is 10.5. The zero-order valence-electron chi connectivity index (χ0n) is 16.8. The van der Waals surface area contributed by atoms with Gasteiger partial charge in [0, 0.05) is 18.6 Å². The van der Waals surface area contributed by atoms with E-state index in [9.17, 15) is 9.59 Å². The molecule has 2 aromatic rings. The SMILES string of the molecule is CC(C)n1c(SCC(=O)N2CCC[C@@H]3CCCC[C@H]32)nc2ccccc2c1=O. The van der Waals surface area contributed by atoms with E-state index in [1.165, 1.54) is 37.4 Å². The van der Waals surface area contributed by atoms with Gasteiger partial charge in [-0.2, -0.15) is 0 Å². The molecule has 2 aliphatic rings. The Morgan fingerprint density at radius 3 is 2.75 bits per heavy atom. The van der Waals surface area contributed by atoms with Crippen LogP contribution >= 0.6 is 11.8 Å². The number of piperidine rings is 1. The van der Waals surface area contributed by atoms with Gasteiger partial charge >= 0.3 is 0 Å². The first kappa shape index (κ1) is 19.5. The molecular formula is C22H29N3O2S. The number of likely N-dealkylation sites (tertiary alicyclic amines) is 1. The lowest BCUT2D eigenvalue weighted by Crippen LogP contribution is -2.50. The molecule has 0 N–H and O–H groups in total. The highest BCUT2D eigenvalue weighted by Crippen LogP contribution is 2.35. The number of rotatable bonds is 4. The third-order valence-electron chi connectivity index (χ3n) is 6.18. The molecule has 2 atom stereocenters. The third-order valence-corrected chi connectivity index (χ3v) is 7.12. The van der Waals surface area contributed by atoms with E-state index in [1.54, 1.807) is 4.57 Å². The van der Waals surface area contributed by atoms with Crippen molar-refractivity contribution in [2.24, 2.45) is 5.92 Å². The first-order valence-corrected chi connectivity index (χ1v) is 11.5. The van der Waals surface area contributed by atoms with Crippen molar-refractivity contribution in [3.05, 3.63) is 34.6 Å². The van der Waals surface area contributed by atoms with Gasteiger partial charge in [0.2, 0.25) is 5.91 Å². The summed E-state index contributed by atoms with van der Waals surface area (Å²) in [6, 6.07) is 7.87. The predicted octanol–water partition coefficient (Wildman–Crippen LogP) is 4.25. The number of benzene rings is 1. The average Bonchev–Trinajstić information content (AvgIpc) is 2.71. The highest BCUT2D eigenvalue weighted by atomic mass is 32.2. The van der Waals surface area contributed by atoms with Crippen LogP contribution in [0.4, 0.5) is 0 Å². The summed E-state index contributed by atoms with van der Waals surface area (Å²) in [4.78, 5) is 32.8. The number of thioether (sulfide) groups is 1. The molecule has 0 unspecified atom stereocenters. The quantitative estimate of drug-likeness (QED) is 0.570. The number of amides is 1. The van der Waals surface area contributed by atoms with Gasteiger partial charge in [0.15, 0.2) is 5.16 Å². The fourth-order valence-electron chi connectivity index (χ4n) is 4.83. The fourth-order valence-corrected chi connectivity index (χ4v) is 5.84. The molecule has 0 spiro atoms. The van der Waals surface area contributed by atoms with Gasteiger partial charge in [-0.3, -0.25) is 14.2 Å². The Morgan fingerprint density at radius 2 is 1.93 bits per heavy atom. The smallest absolute Gasteiger partial charge is 0.262 e. The molecule has 150 valence electrons. The summed E-state index contributed by atoms with van der Waals surface area (Å²) in [5.41, 5.74) is 0.672. The van der Waals surface area contributed by atoms with Crippen molar-refractivity contribution >= 4 is 28.6 Å². The van der Waals surface area contributed by atoms with Gasteiger partial charge in [0.1, 0.15) is 0 Å². The summed E-state index contributed by atoms with van der Waals surface area (Å²) in [5.74, 6) is 1.23. The van der Waals surface area contributed by atoms with E-state index in [0.717, 1.165) is 19.4 Å². The lowest BCUT2D eigenvalue weighted by molar-refractivity contribution is -0.134. The van der Waals surface area contributed by atoms with Crippen molar-refractivity contribution in [3.8, 4) is 0 Å². The van der Waals surface area contributed by atoms with Crippen LogP contribution in [-0.2, 0) is 4.79 Å². The van der Waals surface area contributed by atoms with E-state index in [0.29, 0.717) is 33.8 Å². The fraction of sp³-hybridized carbons (Fsp3) is 0.591. The maximum Gasteiger partial charge on any atom is 0.262 e. The molecule has 0 bridgehead atoms. The zero-order valence-corrected chi connectivity index (χ0v) is 17.6. The summed E-state index contributed by atoms with van der Waals surface area (Å²) in [6.45, 7) is 4.85. The molecule has 28 heavy (non-hydrogen) atoms. The minimum atomic E-state index is -0.0270. The Bertz CT molecular complexity index is 922. The van der Waals surface area contributed by atoms with Gasteiger partial charge in [-0.1, -0.05) is 36.7 Å². The van der Waals surface area contributed by atoms with Gasteiger partial charge in [-0.25, -0.2) is 4.98 Å². The van der Waals surface area contributed by atoms with Gasteiger partial charge in [0.05, 0.1) is 16.7 Å². The van der Waals surface area contributed by atoms with Crippen LogP contribution in [0.1, 0.15) is 58.4 Å². The lowest BCUT2D eigenvalue weighted by Gasteiger charge is -2.44. The lowest BCUT2D eigenvalue weighted by atomic mass is 9.78. The van der Waals surface area contributed by atoms with Crippen LogP contribution in [0.3, 0.4) is 0 Å². The minimum Gasteiger partial charge on any atom is -0.339 e. The minimum absolute atomic E-state index is 0.0000743. The largest absolute Gasteiger partial charge is 0.339 e. The highest BCUT2D eigenvalue weighted by molar-refractivity contribution is 7.99. The number of aromatic nitrogens is 2. The second kappa shape index (κ2) is 8.27. The number of nitrogens with zero attached hydrogens (tertiary/aromatic N) is 3. The van der Waals surface area contributed by atoms with Crippen LogP contribution in [0.2, 0.25) is 0 Å². The summed E-state index contributed by atoms with van der Waals surface area (Å²) >= 11 is 1.41. The van der Waals surface area contributed by atoms with Crippen LogP contribution in [0.15, 0.2) is 34.2 Å². The maximum absolute atomic E-state index is 13.0. The maximum atomic E-state index is 13.0. The second-order valence-electron chi connectivity index (χ2n) is 8.31. The zero-order chi connectivity index (χ0) is 19.7. The van der Waals surface area contributed by atoms with E-state index in [2.05, 4.69) is 4.90 Å². The monoisotopic (exact) mass is 399 g/mol. The van der Waals surface area contributed by atoms with Crippen LogP contribution in [0.25, 0.3) is 10.9 Å². The van der Waals surface area contributed by atoms with Crippen LogP contribution in [-0.4, -0.2) is 38.7 Å². The Labute approximate surface area is 170 Å². The molecule has 1 amide bonds. The Hall–Kier alpha value is -1.82. The van der Waals surface area contributed by atoms with E-state index in [1.807, 2.05) is 38.1 Å². The van der Waals surface area contributed by atoms with E-state index in [-0.39, 0.29) is 17.5 Å². The summed E-state index contributed by atoms with van der Waals surface area (Å²) in [7, 11) is 0. The second-order valence-corrected chi connectivity index (χ2v) is 9.25. The molecule has 2 heterocycles. The van der Waals surface area contributed by atoms with Gasteiger partial charge in [-0.15, -0.1) is 0 Å². The molecule has 2 fully saturated rings. The standard InChI is InChI=1S/C22H29N3O2S/c1-15(2)25-21(27)17-10-4-5-11-18(17)23-22(25)28-14-20(26)24-13-7-9-16-8-3-6-12-19(16)24/h4-5,10-11,15-16,19H,3,6-9,12-14H2,1-2H3/t16-,19+/m0/s1. The summed E-state index contributed by atoms with van der Waals surface area (Å²) < 4.78 is 1.72. The molecule has 1 saturated heterocycles. The van der Waals surface area contributed by atoms with E-state index >= 15 is 0 Å². The van der Waals surface area contributed by atoms with Gasteiger partial charge in [0.25, 0.3) is 5.56 Å². The van der Waals surface area contributed by atoms with Gasteiger partial charge in [-0.05, 0) is 57.6 Å². The third kappa shape index (κ3) is 3.71.